The lowest BCUT2D eigenvalue weighted by atomic mass is 10.1. The minimum Gasteiger partial charge on any atom is -0.482 e. The maximum atomic E-state index is 12.0. The monoisotopic (exact) mass is 395 g/mol. The standard InChI is InChI=1S/C22H22ClN3O2/c1-15-8-9-16(2)26(15)19-12-10-18(11-13-19)17(3)24-25-22(27)14-28-21-7-5-4-6-20(21)23/h4-13H,14H2,1-3H3,(H,25,27)/b24-17+. The number of para-hydroxylation sites is 1. The number of hydrogen-bond donors (Lipinski definition) is 1. The minimum absolute atomic E-state index is 0.161. The molecule has 1 amide bonds. The molecule has 1 heterocycles. The molecule has 0 bridgehead atoms. The molecule has 0 saturated carbocycles. The lowest BCUT2D eigenvalue weighted by molar-refractivity contribution is -0.123. The van der Waals surface area contributed by atoms with Crippen LogP contribution in [0.5, 0.6) is 5.75 Å². The van der Waals surface area contributed by atoms with Crippen LogP contribution in [0.3, 0.4) is 0 Å². The van der Waals surface area contributed by atoms with Crippen molar-refractivity contribution >= 4 is 23.2 Å². The first-order valence-electron chi connectivity index (χ1n) is 8.92. The van der Waals surface area contributed by atoms with E-state index < -0.39 is 0 Å². The van der Waals surface area contributed by atoms with Crippen LogP contribution in [0, 0.1) is 13.8 Å². The summed E-state index contributed by atoms with van der Waals surface area (Å²) in [6.07, 6.45) is 0. The second kappa shape index (κ2) is 8.76. The smallest absolute Gasteiger partial charge is 0.277 e. The summed E-state index contributed by atoms with van der Waals surface area (Å²) in [6, 6.07) is 19.2. The molecule has 1 aromatic heterocycles. The Morgan fingerprint density at radius 2 is 1.68 bits per heavy atom. The third kappa shape index (κ3) is 4.61. The molecular weight excluding hydrogens is 374 g/mol. The summed E-state index contributed by atoms with van der Waals surface area (Å²) in [7, 11) is 0. The molecular formula is C22H22ClN3O2. The predicted molar refractivity (Wildman–Crippen MR) is 113 cm³/mol. The molecule has 0 aliphatic carbocycles. The van der Waals surface area contributed by atoms with Gasteiger partial charge in [-0.25, -0.2) is 5.43 Å². The van der Waals surface area contributed by atoms with E-state index in [0.717, 1.165) is 11.3 Å². The van der Waals surface area contributed by atoms with Crippen LogP contribution in [-0.2, 0) is 4.79 Å². The van der Waals surface area contributed by atoms with E-state index in [2.05, 4.69) is 41.1 Å². The lowest BCUT2D eigenvalue weighted by Crippen LogP contribution is -2.25. The van der Waals surface area contributed by atoms with Crippen molar-refractivity contribution in [2.45, 2.75) is 20.8 Å². The van der Waals surface area contributed by atoms with Gasteiger partial charge in [-0.15, -0.1) is 0 Å². The fourth-order valence-electron chi connectivity index (χ4n) is 2.88. The number of carbonyl (C=O) groups is 1. The summed E-state index contributed by atoms with van der Waals surface area (Å²) in [4.78, 5) is 12.0. The Balaban J connectivity index is 1.60. The van der Waals surface area contributed by atoms with E-state index in [4.69, 9.17) is 16.3 Å². The summed E-state index contributed by atoms with van der Waals surface area (Å²) in [6.45, 7) is 5.84. The molecule has 0 unspecified atom stereocenters. The summed E-state index contributed by atoms with van der Waals surface area (Å²) in [5.74, 6) is 0.112. The largest absolute Gasteiger partial charge is 0.482 e. The van der Waals surface area contributed by atoms with Gasteiger partial charge >= 0.3 is 0 Å². The van der Waals surface area contributed by atoms with Crippen molar-refractivity contribution in [3.63, 3.8) is 0 Å². The molecule has 0 aliphatic heterocycles. The second-order valence-corrected chi connectivity index (χ2v) is 6.86. The first kappa shape index (κ1) is 19.7. The Labute approximate surface area is 169 Å². The SMILES string of the molecule is C/C(=N\NC(=O)COc1ccccc1Cl)c1ccc(-n2c(C)ccc2C)cc1. The lowest BCUT2D eigenvalue weighted by Gasteiger charge is -2.10. The van der Waals surface area contributed by atoms with Crippen LogP contribution in [0.1, 0.15) is 23.9 Å². The van der Waals surface area contributed by atoms with Crippen LogP contribution in [0.25, 0.3) is 5.69 Å². The molecule has 1 N–H and O–H groups in total. The number of halogens is 1. The fourth-order valence-corrected chi connectivity index (χ4v) is 3.07. The summed E-state index contributed by atoms with van der Waals surface area (Å²) in [5, 5.41) is 4.62. The molecule has 2 aromatic carbocycles. The van der Waals surface area contributed by atoms with Crippen molar-refractivity contribution in [1.29, 1.82) is 0 Å². The van der Waals surface area contributed by atoms with Gasteiger partial charge in [-0.1, -0.05) is 35.9 Å². The number of ether oxygens (including phenoxy) is 1. The predicted octanol–water partition coefficient (Wildman–Crippen LogP) is 4.67. The van der Waals surface area contributed by atoms with Crippen molar-refractivity contribution in [1.82, 2.24) is 9.99 Å². The number of rotatable bonds is 6. The Bertz CT molecular complexity index is 987. The molecule has 0 aliphatic rings. The molecule has 3 aromatic rings. The third-order valence-corrected chi connectivity index (χ3v) is 4.67. The maximum Gasteiger partial charge on any atom is 0.277 e. The van der Waals surface area contributed by atoms with Gasteiger partial charge in [0.1, 0.15) is 5.75 Å². The zero-order valence-corrected chi connectivity index (χ0v) is 16.8. The van der Waals surface area contributed by atoms with Crippen molar-refractivity contribution in [2.24, 2.45) is 5.10 Å². The van der Waals surface area contributed by atoms with Crippen LogP contribution < -0.4 is 10.2 Å². The molecule has 0 atom stereocenters. The van der Waals surface area contributed by atoms with Gasteiger partial charge in [-0.05, 0) is 62.7 Å². The van der Waals surface area contributed by atoms with Crippen LogP contribution in [-0.4, -0.2) is 22.8 Å². The van der Waals surface area contributed by atoms with Crippen molar-refractivity contribution < 1.29 is 9.53 Å². The maximum absolute atomic E-state index is 12.0. The quantitative estimate of drug-likeness (QED) is 0.487. The second-order valence-electron chi connectivity index (χ2n) is 6.45. The number of nitrogens with one attached hydrogen (secondary N) is 1. The van der Waals surface area contributed by atoms with Gasteiger partial charge in [0.2, 0.25) is 0 Å². The number of aromatic nitrogens is 1. The van der Waals surface area contributed by atoms with Gasteiger partial charge < -0.3 is 9.30 Å². The third-order valence-electron chi connectivity index (χ3n) is 4.36. The molecule has 3 rings (SSSR count). The highest BCUT2D eigenvalue weighted by molar-refractivity contribution is 6.32. The molecule has 0 radical (unpaired) electrons. The van der Waals surface area contributed by atoms with Gasteiger partial charge in [-0.2, -0.15) is 5.10 Å². The number of aryl methyl sites for hydroxylation is 2. The van der Waals surface area contributed by atoms with E-state index in [1.165, 1.54) is 11.4 Å². The highest BCUT2D eigenvalue weighted by Crippen LogP contribution is 2.22. The highest BCUT2D eigenvalue weighted by atomic mass is 35.5. The van der Waals surface area contributed by atoms with Crippen molar-refractivity contribution in [3.8, 4) is 11.4 Å². The molecule has 0 saturated heterocycles. The molecule has 28 heavy (non-hydrogen) atoms. The molecule has 6 heteroatoms. The fraction of sp³-hybridized carbons (Fsp3) is 0.182. The number of hydrazone groups is 1. The number of amides is 1. The van der Waals surface area contributed by atoms with E-state index in [0.29, 0.717) is 16.5 Å². The van der Waals surface area contributed by atoms with Gasteiger partial charge in [0.05, 0.1) is 10.7 Å². The first-order chi connectivity index (χ1) is 13.5. The molecule has 5 nitrogen and oxygen atoms in total. The number of nitrogens with zero attached hydrogens (tertiary/aromatic N) is 2. The Morgan fingerprint density at radius 1 is 1.04 bits per heavy atom. The van der Waals surface area contributed by atoms with Crippen molar-refractivity contribution in [3.05, 3.63) is 82.6 Å². The molecule has 0 spiro atoms. The van der Waals surface area contributed by atoms with Gasteiger partial charge in [0, 0.05) is 17.1 Å². The molecule has 144 valence electrons. The van der Waals surface area contributed by atoms with E-state index in [1.54, 1.807) is 24.3 Å². The van der Waals surface area contributed by atoms with Crippen LogP contribution in [0.4, 0.5) is 0 Å². The van der Waals surface area contributed by atoms with Gasteiger partial charge in [-0.3, -0.25) is 4.79 Å². The van der Waals surface area contributed by atoms with Crippen LogP contribution >= 0.6 is 11.6 Å². The number of hydrogen-bond acceptors (Lipinski definition) is 3. The normalized spacial score (nSPS) is 11.4. The zero-order chi connectivity index (χ0) is 20.1. The summed E-state index contributed by atoms with van der Waals surface area (Å²) in [5.41, 5.74) is 7.60. The van der Waals surface area contributed by atoms with E-state index in [-0.39, 0.29) is 12.5 Å². The summed E-state index contributed by atoms with van der Waals surface area (Å²) < 4.78 is 7.58. The van der Waals surface area contributed by atoms with Crippen LogP contribution in [0.15, 0.2) is 65.8 Å². The average Bonchev–Trinajstić information content (AvgIpc) is 3.04. The number of benzene rings is 2. The van der Waals surface area contributed by atoms with Gasteiger partial charge in [0.15, 0.2) is 6.61 Å². The average molecular weight is 396 g/mol. The Kier molecular flexibility index (Phi) is 6.16. The minimum atomic E-state index is -0.352. The number of carbonyl (C=O) groups excluding carboxylic acids is 1. The van der Waals surface area contributed by atoms with E-state index in [9.17, 15) is 4.79 Å². The highest BCUT2D eigenvalue weighted by Gasteiger charge is 2.07. The van der Waals surface area contributed by atoms with E-state index >= 15 is 0 Å². The van der Waals surface area contributed by atoms with Gasteiger partial charge in [0.25, 0.3) is 5.91 Å². The Morgan fingerprint density at radius 3 is 2.32 bits per heavy atom. The molecule has 0 fully saturated rings. The topological polar surface area (TPSA) is 55.6 Å². The van der Waals surface area contributed by atoms with Crippen LogP contribution in [0.2, 0.25) is 5.02 Å². The first-order valence-corrected chi connectivity index (χ1v) is 9.29. The zero-order valence-electron chi connectivity index (χ0n) is 16.1. The summed E-state index contributed by atoms with van der Waals surface area (Å²) >= 11 is 6.00. The van der Waals surface area contributed by atoms with Crippen molar-refractivity contribution in [2.75, 3.05) is 6.61 Å². The van der Waals surface area contributed by atoms with E-state index in [1.807, 2.05) is 31.2 Å². The Hall–Kier alpha value is -3.05.